The standard InChI is InChI=1S/C17H22ClN3O2/c1-9-6-11-12(7-17(3,4)8-13(11)23-9)19-16(22)14-10(2)20-21(5)15(14)18/h6,12H,7-8H2,1-5H3,(H,19,22)/t12-/m1/s1. The first kappa shape index (κ1) is 16.1. The molecule has 1 aliphatic rings. The number of amides is 1. The molecule has 1 aliphatic carbocycles. The van der Waals surface area contributed by atoms with Crippen LogP contribution in [-0.2, 0) is 13.5 Å². The molecule has 0 unspecified atom stereocenters. The molecule has 2 aromatic rings. The number of hydrogen-bond acceptors (Lipinski definition) is 3. The predicted octanol–water partition coefficient (Wildman–Crippen LogP) is 3.73. The number of furan rings is 1. The van der Waals surface area contributed by atoms with Crippen molar-refractivity contribution in [3.05, 3.63) is 39.6 Å². The maximum Gasteiger partial charge on any atom is 0.256 e. The third-order valence-corrected chi connectivity index (χ3v) is 4.85. The minimum atomic E-state index is -0.187. The van der Waals surface area contributed by atoms with Gasteiger partial charge >= 0.3 is 0 Å². The molecule has 1 N–H and O–H groups in total. The molecule has 0 aliphatic heterocycles. The Morgan fingerprint density at radius 1 is 1.48 bits per heavy atom. The Bertz CT molecular complexity index is 773. The summed E-state index contributed by atoms with van der Waals surface area (Å²) in [4.78, 5) is 12.7. The molecule has 0 saturated carbocycles. The number of aromatic nitrogens is 2. The Labute approximate surface area is 141 Å². The average molecular weight is 336 g/mol. The van der Waals surface area contributed by atoms with Crippen molar-refractivity contribution in [1.29, 1.82) is 0 Å². The maximum absolute atomic E-state index is 12.7. The zero-order valence-corrected chi connectivity index (χ0v) is 14.9. The van der Waals surface area contributed by atoms with Crippen LogP contribution in [0.1, 0.15) is 59.4 Å². The Balaban J connectivity index is 1.91. The number of carbonyl (C=O) groups excluding carboxylic acids is 1. The maximum atomic E-state index is 12.7. The SMILES string of the molecule is Cc1cc2c(o1)CC(C)(C)C[C@H]2NC(=O)c1c(C)nn(C)c1Cl. The topological polar surface area (TPSA) is 60.1 Å². The number of hydrogen-bond donors (Lipinski definition) is 1. The van der Waals surface area contributed by atoms with Gasteiger partial charge in [-0.2, -0.15) is 5.10 Å². The molecule has 2 heterocycles. The fourth-order valence-corrected chi connectivity index (χ4v) is 3.69. The summed E-state index contributed by atoms with van der Waals surface area (Å²) in [5.41, 5.74) is 2.23. The van der Waals surface area contributed by atoms with E-state index in [1.165, 1.54) is 4.68 Å². The first-order valence-corrected chi connectivity index (χ1v) is 8.15. The Morgan fingerprint density at radius 3 is 2.78 bits per heavy atom. The van der Waals surface area contributed by atoms with Gasteiger partial charge in [-0.25, -0.2) is 0 Å². The summed E-state index contributed by atoms with van der Waals surface area (Å²) in [5, 5.41) is 7.69. The van der Waals surface area contributed by atoms with Crippen molar-refractivity contribution in [2.75, 3.05) is 0 Å². The molecule has 1 amide bonds. The molecule has 0 radical (unpaired) electrons. The van der Waals surface area contributed by atoms with Gasteiger partial charge in [0.25, 0.3) is 5.91 Å². The summed E-state index contributed by atoms with van der Waals surface area (Å²) in [7, 11) is 1.73. The van der Waals surface area contributed by atoms with E-state index < -0.39 is 0 Å². The van der Waals surface area contributed by atoms with Crippen LogP contribution in [0.25, 0.3) is 0 Å². The van der Waals surface area contributed by atoms with E-state index in [2.05, 4.69) is 24.3 Å². The number of nitrogens with one attached hydrogen (secondary N) is 1. The van der Waals surface area contributed by atoms with Crippen LogP contribution >= 0.6 is 11.6 Å². The molecule has 23 heavy (non-hydrogen) atoms. The van der Waals surface area contributed by atoms with E-state index in [1.54, 1.807) is 14.0 Å². The van der Waals surface area contributed by atoms with Gasteiger partial charge < -0.3 is 9.73 Å². The van der Waals surface area contributed by atoms with Crippen LogP contribution in [0, 0.1) is 19.3 Å². The fraction of sp³-hybridized carbons (Fsp3) is 0.529. The minimum Gasteiger partial charge on any atom is -0.466 e. The molecule has 1 atom stereocenters. The van der Waals surface area contributed by atoms with Crippen LogP contribution < -0.4 is 5.32 Å². The third kappa shape index (κ3) is 2.90. The zero-order chi connectivity index (χ0) is 16.9. The molecular weight excluding hydrogens is 314 g/mol. The molecule has 0 fully saturated rings. The molecule has 5 nitrogen and oxygen atoms in total. The highest BCUT2D eigenvalue weighted by Crippen LogP contribution is 2.42. The van der Waals surface area contributed by atoms with Crippen molar-refractivity contribution >= 4 is 17.5 Å². The summed E-state index contributed by atoms with van der Waals surface area (Å²) in [6.45, 7) is 8.11. The molecule has 124 valence electrons. The number of rotatable bonds is 2. The van der Waals surface area contributed by atoms with Gasteiger partial charge in [0.2, 0.25) is 0 Å². The second-order valence-electron chi connectivity index (χ2n) is 7.18. The van der Waals surface area contributed by atoms with Crippen LogP contribution in [-0.4, -0.2) is 15.7 Å². The molecular formula is C17H22ClN3O2. The average Bonchev–Trinajstić information content (AvgIpc) is 2.88. The molecule has 0 spiro atoms. The van der Waals surface area contributed by atoms with E-state index in [-0.39, 0.29) is 17.4 Å². The highest BCUT2D eigenvalue weighted by molar-refractivity contribution is 6.33. The van der Waals surface area contributed by atoms with E-state index in [0.717, 1.165) is 29.9 Å². The smallest absolute Gasteiger partial charge is 0.256 e. The van der Waals surface area contributed by atoms with Crippen molar-refractivity contribution in [3.8, 4) is 0 Å². The fourth-order valence-electron chi connectivity index (χ4n) is 3.43. The number of nitrogens with zero attached hydrogens (tertiary/aromatic N) is 2. The second-order valence-corrected chi connectivity index (χ2v) is 7.54. The highest BCUT2D eigenvalue weighted by Gasteiger charge is 2.36. The minimum absolute atomic E-state index is 0.0724. The molecule has 3 rings (SSSR count). The van der Waals surface area contributed by atoms with Crippen molar-refractivity contribution < 1.29 is 9.21 Å². The van der Waals surface area contributed by atoms with Crippen molar-refractivity contribution in [2.24, 2.45) is 12.5 Å². The van der Waals surface area contributed by atoms with Gasteiger partial charge in [0.15, 0.2) is 0 Å². The number of fused-ring (bicyclic) bond motifs is 1. The Hall–Kier alpha value is -1.75. The quantitative estimate of drug-likeness (QED) is 0.909. The van der Waals surface area contributed by atoms with Gasteiger partial charge in [-0.3, -0.25) is 9.48 Å². The Kier molecular flexibility index (Phi) is 3.79. The normalized spacial score (nSPS) is 19.5. The van der Waals surface area contributed by atoms with Gasteiger partial charge in [-0.1, -0.05) is 25.4 Å². The van der Waals surface area contributed by atoms with Gasteiger partial charge in [-0.15, -0.1) is 0 Å². The van der Waals surface area contributed by atoms with Crippen LogP contribution in [0.15, 0.2) is 10.5 Å². The van der Waals surface area contributed by atoms with E-state index in [0.29, 0.717) is 16.4 Å². The van der Waals surface area contributed by atoms with Gasteiger partial charge in [0.05, 0.1) is 17.3 Å². The lowest BCUT2D eigenvalue weighted by atomic mass is 9.74. The van der Waals surface area contributed by atoms with Crippen molar-refractivity contribution in [1.82, 2.24) is 15.1 Å². The van der Waals surface area contributed by atoms with E-state index in [1.807, 2.05) is 13.0 Å². The van der Waals surface area contributed by atoms with E-state index in [4.69, 9.17) is 16.0 Å². The first-order valence-electron chi connectivity index (χ1n) is 7.77. The van der Waals surface area contributed by atoms with E-state index in [9.17, 15) is 4.79 Å². The van der Waals surface area contributed by atoms with Crippen LogP contribution in [0.3, 0.4) is 0 Å². The molecule has 0 aromatic carbocycles. The highest BCUT2D eigenvalue weighted by atomic mass is 35.5. The lowest BCUT2D eigenvalue weighted by Crippen LogP contribution is -2.36. The summed E-state index contributed by atoms with van der Waals surface area (Å²) in [5.74, 6) is 1.66. The Morgan fingerprint density at radius 2 is 2.17 bits per heavy atom. The molecule has 0 bridgehead atoms. The van der Waals surface area contributed by atoms with Crippen LogP contribution in [0.4, 0.5) is 0 Å². The number of halogens is 1. The first-order chi connectivity index (χ1) is 10.7. The predicted molar refractivity (Wildman–Crippen MR) is 88.7 cm³/mol. The summed E-state index contributed by atoms with van der Waals surface area (Å²) < 4.78 is 7.33. The summed E-state index contributed by atoms with van der Waals surface area (Å²) in [6, 6.07) is 1.95. The van der Waals surface area contributed by atoms with Gasteiger partial charge in [0.1, 0.15) is 16.7 Å². The third-order valence-electron chi connectivity index (χ3n) is 4.42. The molecule has 2 aromatic heterocycles. The van der Waals surface area contributed by atoms with E-state index >= 15 is 0 Å². The number of carbonyl (C=O) groups is 1. The zero-order valence-electron chi connectivity index (χ0n) is 14.2. The lowest BCUT2D eigenvalue weighted by molar-refractivity contribution is 0.0917. The number of aryl methyl sites for hydroxylation is 3. The molecule has 6 heteroatoms. The molecule has 0 saturated heterocycles. The summed E-state index contributed by atoms with van der Waals surface area (Å²) >= 11 is 6.21. The van der Waals surface area contributed by atoms with Crippen LogP contribution in [0.5, 0.6) is 0 Å². The van der Waals surface area contributed by atoms with Crippen LogP contribution in [0.2, 0.25) is 5.15 Å². The van der Waals surface area contributed by atoms with Gasteiger partial charge in [0, 0.05) is 19.0 Å². The second kappa shape index (κ2) is 5.41. The van der Waals surface area contributed by atoms with Crippen molar-refractivity contribution in [2.45, 2.75) is 46.6 Å². The largest absolute Gasteiger partial charge is 0.466 e. The summed E-state index contributed by atoms with van der Waals surface area (Å²) in [6.07, 6.45) is 1.75. The van der Waals surface area contributed by atoms with Crippen molar-refractivity contribution in [3.63, 3.8) is 0 Å². The van der Waals surface area contributed by atoms with Gasteiger partial charge in [-0.05, 0) is 31.7 Å². The lowest BCUT2D eigenvalue weighted by Gasteiger charge is -2.34. The monoisotopic (exact) mass is 335 g/mol.